The van der Waals surface area contributed by atoms with Crippen molar-refractivity contribution in [2.45, 2.75) is 59.5 Å². The van der Waals surface area contributed by atoms with Crippen molar-refractivity contribution >= 4 is 39.2 Å². The molecule has 0 aliphatic carbocycles. The lowest BCUT2D eigenvalue weighted by atomic mass is 10.1. The third-order valence-electron chi connectivity index (χ3n) is 6.51. The van der Waals surface area contributed by atoms with E-state index in [0.29, 0.717) is 19.6 Å². The van der Waals surface area contributed by atoms with Gasteiger partial charge in [0, 0.05) is 49.5 Å². The summed E-state index contributed by atoms with van der Waals surface area (Å²) in [7, 11) is 0. The molecule has 1 fully saturated rings. The molecule has 37 heavy (non-hydrogen) atoms. The van der Waals surface area contributed by atoms with Crippen molar-refractivity contribution < 1.29 is 14.3 Å². The predicted octanol–water partition coefficient (Wildman–Crippen LogP) is 5.59. The molecule has 0 saturated carbocycles. The van der Waals surface area contributed by atoms with Crippen molar-refractivity contribution in [3.05, 3.63) is 58.1 Å². The van der Waals surface area contributed by atoms with Crippen LogP contribution in [0.2, 0.25) is 0 Å². The van der Waals surface area contributed by atoms with E-state index in [4.69, 9.17) is 9.72 Å². The number of benzene rings is 1. The molecule has 7 nitrogen and oxygen atoms in total. The van der Waals surface area contributed by atoms with E-state index in [0.717, 1.165) is 64.4 Å². The second-order valence-corrected chi connectivity index (χ2v) is 11.6. The minimum Gasteiger partial charge on any atom is -0.444 e. The van der Waals surface area contributed by atoms with Crippen LogP contribution in [0.15, 0.2) is 36.4 Å². The Labute approximate surface area is 223 Å². The lowest BCUT2D eigenvalue weighted by Gasteiger charge is -2.36. The van der Waals surface area contributed by atoms with Crippen molar-refractivity contribution in [1.82, 2.24) is 15.2 Å². The number of anilines is 1. The summed E-state index contributed by atoms with van der Waals surface area (Å²) in [4.78, 5) is 35.7. The van der Waals surface area contributed by atoms with Gasteiger partial charge >= 0.3 is 6.09 Å². The Balaban J connectivity index is 1.26. The summed E-state index contributed by atoms with van der Waals surface area (Å²) in [6, 6.07) is 12.6. The molecule has 198 valence electrons. The van der Waals surface area contributed by atoms with Gasteiger partial charge in [-0.3, -0.25) is 4.79 Å². The number of amides is 2. The van der Waals surface area contributed by atoms with E-state index in [1.165, 1.54) is 16.9 Å². The summed E-state index contributed by atoms with van der Waals surface area (Å²) in [5.41, 5.74) is 3.93. The monoisotopic (exact) mass is 522 g/mol. The van der Waals surface area contributed by atoms with Crippen LogP contribution in [0, 0.1) is 6.92 Å². The number of carbonyl (C=O) groups is 2. The maximum atomic E-state index is 12.9. The summed E-state index contributed by atoms with van der Waals surface area (Å²) >= 11 is 1.48. The van der Waals surface area contributed by atoms with E-state index < -0.39 is 5.60 Å². The minimum atomic E-state index is -0.476. The number of rotatable bonds is 7. The smallest absolute Gasteiger partial charge is 0.410 e. The van der Waals surface area contributed by atoms with Crippen LogP contribution in [0.3, 0.4) is 0 Å². The van der Waals surface area contributed by atoms with E-state index >= 15 is 0 Å². The van der Waals surface area contributed by atoms with Gasteiger partial charge in [0.05, 0.1) is 4.88 Å². The van der Waals surface area contributed by atoms with Crippen molar-refractivity contribution in [3.63, 3.8) is 0 Å². The standard InChI is InChI=1S/C29H38N4O3S/c1-6-7-22-10-13-24-20(2)25(37-27(24)31-22)26(34)30-15-14-21-8-11-23(12-9-21)32-16-18-33(19-17-32)28(35)36-29(3,4)5/h8-13H,6-7,14-19H2,1-5H3,(H,30,34). The molecule has 0 bridgehead atoms. The van der Waals surface area contributed by atoms with Gasteiger partial charge in [-0.2, -0.15) is 0 Å². The van der Waals surface area contributed by atoms with Crippen LogP contribution < -0.4 is 10.2 Å². The second-order valence-electron chi connectivity index (χ2n) is 10.6. The topological polar surface area (TPSA) is 74.8 Å². The molecule has 1 aliphatic rings. The average Bonchev–Trinajstić information content (AvgIpc) is 3.19. The number of ether oxygens (including phenoxy) is 1. The number of hydrogen-bond acceptors (Lipinski definition) is 6. The molecule has 8 heteroatoms. The number of thiophene rings is 1. The number of pyridine rings is 1. The van der Waals surface area contributed by atoms with Crippen molar-refractivity contribution in [3.8, 4) is 0 Å². The zero-order chi connectivity index (χ0) is 26.6. The van der Waals surface area contributed by atoms with Gasteiger partial charge in [-0.15, -0.1) is 11.3 Å². The quantitative estimate of drug-likeness (QED) is 0.438. The third-order valence-corrected chi connectivity index (χ3v) is 7.71. The zero-order valence-corrected chi connectivity index (χ0v) is 23.4. The first-order valence-corrected chi connectivity index (χ1v) is 14.0. The third kappa shape index (κ3) is 6.80. The Hall–Kier alpha value is -3.13. The number of nitrogens with one attached hydrogen (secondary N) is 1. The zero-order valence-electron chi connectivity index (χ0n) is 22.6. The molecule has 2 aromatic heterocycles. The molecule has 0 spiro atoms. The highest BCUT2D eigenvalue weighted by Gasteiger charge is 2.26. The fourth-order valence-corrected chi connectivity index (χ4v) is 5.61. The number of nitrogens with zero attached hydrogens (tertiary/aromatic N) is 3. The fraction of sp³-hybridized carbons (Fsp3) is 0.483. The van der Waals surface area contributed by atoms with Crippen LogP contribution in [0.4, 0.5) is 10.5 Å². The predicted molar refractivity (Wildman–Crippen MR) is 151 cm³/mol. The Kier molecular flexibility index (Phi) is 8.37. The Morgan fingerprint density at radius 2 is 1.73 bits per heavy atom. The summed E-state index contributed by atoms with van der Waals surface area (Å²) < 4.78 is 5.49. The number of carbonyl (C=O) groups excluding carboxylic acids is 2. The van der Waals surface area contributed by atoms with Crippen molar-refractivity contribution in [2.24, 2.45) is 0 Å². The highest BCUT2D eigenvalue weighted by Crippen LogP contribution is 2.30. The van der Waals surface area contributed by atoms with Crippen LogP contribution >= 0.6 is 11.3 Å². The van der Waals surface area contributed by atoms with Gasteiger partial charge < -0.3 is 19.9 Å². The van der Waals surface area contributed by atoms with E-state index in [1.807, 2.05) is 27.7 Å². The van der Waals surface area contributed by atoms with Gasteiger partial charge in [0.15, 0.2) is 0 Å². The Morgan fingerprint density at radius 3 is 2.38 bits per heavy atom. The minimum absolute atomic E-state index is 0.0305. The molecule has 2 amide bonds. The molecule has 0 atom stereocenters. The van der Waals surface area contributed by atoms with Crippen molar-refractivity contribution in [1.29, 1.82) is 0 Å². The summed E-state index contributed by atoms with van der Waals surface area (Å²) in [5.74, 6) is -0.0305. The Bertz CT molecular complexity index is 1240. The van der Waals surface area contributed by atoms with Gasteiger partial charge in [0.25, 0.3) is 5.91 Å². The average molecular weight is 523 g/mol. The first kappa shape index (κ1) is 26.9. The first-order valence-electron chi connectivity index (χ1n) is 13.1. The molecule has 1 aromatic carbocycles. The van der Waals surface area contributed by atoms with E-state index in [2.05, 4.69) is 53.5 Å². The van der Waals surface area contributed by atoms with Crippen LogP contribution in [-0.2, 0) is 17.6 Å². The number of aromatic nitrogens is 1. The number of fused-ring (bicyclic) bond motifs is 1. The summed E-state index contributed by atoms with van der Waals surface area (Å²) in [6.45, 7) is 13.2. The van der Waals surface area contributed by atoms with Crippen LogP contribution in [0.1, 0.15) is 60.6 Å². The first-order chi connectivity index (χ1) is 17.6. The molecule has 4 rings (SSSR count). The molecule has 3 heterocycles. The van der Waals surface area contributed by atoms with E-state index in [9.17, 15) is 9.59 Å². The summed E-state index contributed by atoms with van der Waals surface area (Å²) in [6.07, 6.45) is 2.53. The van der Waals surface area contributed by atoms with Crippen LogP contribution in [0.5, 0.6) is 0 Å². The van der Waals surface area contributed by atoms with Gasteiger partial charge in [0.1, 0.15) is 10.4 Å². The molecule has 1 saturated heterocycles. The van der Waals surface area contributed by atoms with Crippen LogP contribution in [0.25, 0.3) is 10.2 Å². The fourth-order valence-electron chi connectivity index (χ4n) is 4.50. The normalized spacial score (nSPS) is 14.2. The van der Waals surface area contributed by atoms with Gasteiger partial charge in [-0.1, -0.05) is 25.5 Å². The molecular formula is C29H38N4O3S. The highest BCUT2D eigenvalue weighted by atomic mass is 32.1. The lowest BCUT2D eigenvalue weighted by Crippen LogP contribution is -2.50. The van der Waals surface area contributed by atoms with Gasteiger partial charge in [-0.25, -0.2) is 9.78 Å². The van der Waals surface area contributed by atoms with Gasteiger partial charge in [0.2, 0.25) is 0 Å². The summed E-state index contributed by atoms with van der Waals surface area (Å²) in [5, 5.41) is 4.15. The molecule has 1 N–H and O–H groups in total. The van der Waals surface area contributed by atoms with Gasteiger partial charge in [-0.05, 0) is 75.9 Å². The van der Waals surface area contributed by atoms with E-state index in [1.54, 1.807) is 4.90 Å². The second kappa shape index (κ2) is 11.5. The lowest BCUT2D eigenvalue weighted by molar-refractivity contribution is 0.0240. The largest absolute Gasteiger partial charge is 0.444 e. The number of aryl methyl sites for hydroxylation is 2. The highest BCUT2D eigenvalue weighted by molar-refractivity contribution is 7.20. The maximum Gasteiger partial charge on any atom is 0.410 e. The maximum absolute atomic E-state index is 12.9. The SMILES string of the molecule is CCCc1ccc2c(C)c(C(=O)NCCc3ccc(N4CCN(C(=O)OC(C)(C)C)CC4)cc3)sc2n1. The number of piperazine rings is 1. The molecule has 0 radical (unpaired) electrons. The molecule has 0 unspecified atom stereocenters. The molecule has 1 aliphatic heterocycles. The molecular weight excluding hydrogens is 484 g/mol. The van der Waals surface area contributed by atoms with Crippen molar-refractivity contribution in [2.75, 3.05) is 37.6 Å². The van der Waals surface area contributed by atoms with E-state index in [-0.39, 0.29) is 12.0 Å². The molecule has 3 aromatic rings. The number of hydrogen-bond donors (Lipinski definition) is 1. The van der Waals surface area contributed by atoms with Crippen LogP contribution in [-0.4, -0.2) is 60.2 Å². The Morgan fingerprint density at radius 1 is 1.03 bits per heavy atom.